The summed E-state index contributed by atoms with van der Waals surface area (Å²) in [5.41, 5.74) is 0.393. The molecule has 0 N–H and O–H groups in total. The number of amides is 2. The van der Waals surface area contributed by atoms with Gasteiger partial charge in [0.25, 0.3) is 0 Å². The van der Waals surface area contributed by atoms with Crippen LogP contribution in [0.3, 0.4) is 0 Å². The van der Waals surface area contributed by atoms with Gasteiger partial charge in [0.1, 0.15) is 5.75 Å². The Morgan fingerprint density at radius 1 is 1.32 bits per heavy atom. The molecule has 6 heteroatoms. The van der Waals surface area contributed by atoms with Gasteiger partial charge in [0.05, 0.1) is 32.1 Å². The lowest BCUT2D eigenvalue weighted by Gasteiger charge is -2.42. The van der Waals surface area contributed by atoms with Crippen LogP contribution >= 0.6 is 0 Å². The van der Waals surface area contributed by atoms with E-state index in [9.17, 15) is 9.59 Å². The molecule has 1 aromatic carbocycles. The molecule has 0 radical (unpaired) electrons. The van der Waals surface area contributed by atoms with Crippen LogP contribution in [-0.2, 0) is 20.7 Å². The number of nitrogens with zero attached hydrogens (tertiary/aromatic N) is 2. The van der Waals surface area contributed by atoms with Gasteiger partial charge in [-0.2, -0.15) is 0 Å². The molecule has 3 aliphatic heterocycles. The molecule has 25 heavy (non-hydrogen) atoms. The van der Waals surface area contributed by atoms with Crippen molar-refractivity contribution in [2.75, 3.05) is 26.3 Å². The number of hydrogen-bond donors (Lipinski definition) is 0. The molecular weight excluding hydrogens is 320 g/mol. The van der Waals surface area contributed by atoms with Crippen molar-refractivity contribution < 1.29 is 19.1 Å². The van der Waals surface area contributed by atoms with Gasteiger partial charge in [-0.1, -0.05) is 12.1 Å². The normalized spacial score (nSPS) is 28.0. The minimum Gasteiger partial charge on any atom is -0.494 e. The van der Waals surface area contributed by atoms with Gasteiger partial charge in [-0.15, -0.1) is 0 Å². The summed E-state index contributed by atoms with van der Waals surface area (Å²) in [6.45, 7) is 4.64. The summed E-state index contributed by atoms with van der Waals surface area (Å²) in [5.74, 6) is 0.990. The second-order valence-electron chi connectivity index (χ2n) is 6.90. The van der Waals surface area contributed by atoms with Crippen molar-refractivity contribution in [2.24, 2.45) is 0 Å². The van der Waals surface area contributed by atoms with Gasteiger partial charge >= 0.3 is 0 Å². The first-order chi connectivity index (χ1) is 12.1. The molecule has 6 nitrogen and oxygen atoms in total. The molecule has 0 aliphatic carbocycles. The number of benzene rings is 1. The van der Waals surface area contributed by atoms with Crippen LogP contribution in [0.15, 0.2) is 24.3 Å². The summed E-state index contributed by atoms with van der Waals surface area (Å²) in [6, 6.07) is 7.50. The van der Waals surface area contributed by atoms with Crippen LogP contribution in [0.2, 0.25) is 0 Å². The molecule has 3 heterocycles. The highest BCUT2D eigenvalue weighted by Crippen LogP contribution is 2.44. The van der Waals surface area contributed by atoms with E-state index in [1.807, 2.05) is 41.0 Å². The van der Waals surface area contributed by atoms with Gasteiger partial charge in [0.15, 0.2) is 5.72 Å². The minimum atomic E-state index is -0.566. The Balaban J connectivity index is 1.47. The highest BCUT2D eigenvalue weighted by molar-refractivity contribution is 5.85. The van der Waals surface area contributed by atoms with Gasteiger partial charge in [-0.05, 0) is 31.0 Å². The lowest BCUT2D eigenvalue weighted by molar-refractivity contribution is -0.181. The van der Waals surface area contributed by atoms with Crippen molar-refractivity contribution in [3.8, 4) is 5.75 Å². The van der Waals surface area contributed by atoms with Gasteiger partial charge < -0.3 is 19.3 Å². The van der Waals surface area contributed by atoms with Crippen LogP contribution in [-0.4, -0.2) is 59.7 Å². The van der Waals surface area contributed by atoms with Crippen LogP contribution < -0.4 is 4.74 Å². The average Bonchev–Trinajstić information content (AvgIpc) is 3.09. The smallest absolute Gasteiger partial charge is 0.227 e. The third-order valence-electron chi connectivity index (χ3n) is 5.52. The molecule has 1 spiro atoms. The molecule has 4 rings (SSSR count). The maximum atomic E-state index is 12.9. The molecule has 0 unspecified atom stereocenters. The molecule has 0 aromatic heterocycles. The maximum Gasteiger partial charge on any atom is 0.227 e. The molecule has 0 saturated carbocycles. The largest absolute Gasteiger partial charge is 0.494 e. The van der Waals surface area contributed by atoms with Crippen LogP contribution in [0.5, 0.6) is 5.75 Å². The molecule has 3 fully saturated rings. The van der Waals surface area contributed by atoms with Crippen LogP contribution in [0.1, 0.15) is 31.7 Å². The number of hydrogen-bond acceptors (Lipinski definition) is 4. The third kappa shape index (κ3) is 2.68. The van der Waals surface area contributed by atoms with E-state index in [2.05, 4.69) is 0 Å². The van der Waals surface area contributed by atoms with E-state index in [0.717, 1.165) is 30.7 Å². The van der Waals surface area contributed by atoms with Crippen LogP contribution in [0.4, 0.5) is 0 Å². The third-order valence-corrected chi connectivity index (χ3v) is 5.52. The molecule has 134 valence electrons. The molecule has 0 bridgehead atoms. The molecule has 3 saturated heterocycles. The highest BCUT2D eigenvalue weighted by atomic mass is 16.5. The quantitative estimate of drug-likeness (QED) is 0.832. The summed E-state index contributed by atoms with van der Waals surface area (Å²) in [4.78, 5) is 28.9. The average molecular weight is 344 g/mol. The van der Waals surface area contributed by atoms with E-state index >= 15 is 0 Å². The predicted octanol–water partition coefficient (Wildman–Crippen LogP) is 1.58. The molecule has 3 aliphatic rings. The second-order valence-corrected chi connectivity index (χ2v) is 6.90. The standard InChI is InChI=1S/C19H24N2O4/c1-2-24-15-6-4-14(5-7-15)12-17(22)20-10-8-19-16(20)13-18(23)21(19)9-3-11-25-19/h4-7,16H,2-3,8-13H2,1H3/t16-,19+/m1/s1. The van der Waals surface area contributed by atoms with E-state index in [1.54, 1.807) is 0 Å². The summed E-state index contributed by atoms with van der Waals surface area (Å²) in [7, 11) is 0. The first kappa shape index (κ1) is 16.4. The SMILES string of the molecule is CCOc1ccc(CC(=O)N2CC[C@@]34OCCCN3C(=O)C[C@@H]24)cc1. The molecular formula is C19H24N2O4. The van der Waals surface area contributed by atoms with Crippen molar-refractivity contribution in [3.05, 3.63) is 29.8 Å². The van der Waals surface area contributed by atoms with Crippen molar-refractivity contribution in [3.63, 3.8) is 0 Å². The molecule has 2 atom stereocenters. The second kappa shape index (κ2) is 6.33. The summed E-state index contributed by atoms with van der Waals surface area (Å²) < 4.78 is 11.5. The number of carbonyl (C=O) groups is 2. The van der Waals surface area contributed by atoms with Crippen molar-refractivity contribution >= 4 is 11.8 Å². The highest BCUT2D eigenvalue weighted by Gasteiger charge is 2.61. The van der Waals surface area contributed by atoms with E-state index in [-0.39, 0.29) is 17.9 Å². The predicted molar refractivity (Wildman–Crippen MR) is 91.1 cm³/mol. The fourth-order valence-electron chi connectivity index (χ4n) is 4.39. The Kier molecular flexibility index (Phi) is 4.15. The van der Waals surface area contributed by atoms with E-state index in [0.29, 0.717) is 32.6 Å². The zero-order valence-electron chi connectivity index (χ0n) is 14.6. The summed E-state index contributed by atoms with van der Waals surface area (Å²) in [6.07, 6.45) is 2.32. The number of carbonyl (C=O) groups excluding carboxylic acids is 2. The maximum absolute atomic E-state index is 12.9. The lowest BCUT2D eigenvalue weighted by Crippen LogP contribution is -2.56. The van der Waals surface area contributed by atoms with Gasteiger partial charge in [0.2, 0.25) is 11.8 Å². The fourth-order valence-corrected chi connectivity index (χ4v) is 4.39. The monoisotopic (exact) mass is 344 g/mol. The van der Waals surface area contributed by atoms with Gasteiger partial charge in [0, 0.05) is 19.5 Å². The zero-order valence-corrected chi connectivity index (χ0v) is 14.6. The number of rotatable bonds is 4. The van der Waals surface area contributed by atoms with Gasteiger partial charge in [-0.3, -0.25) is 9.59 Å². The first-order valence-electron chi connectivity index (χ1n) is 9.09. The van der Waals surface area contributed by atoms with Crippen molar-refractivity contribution in [2.45, 2.75) is 44.4 Å². The lowest BCUT2D eigenvalue weighted by atomic mass is 10.0. The Bertz CT molecular complexity index is 675. The Morgan fingerprint density at radius 2 is 2.12 bits per heavy atom. The Hall–Kier alpha value is -2.08. The number of likely N-dealkylation sites (tertiary alicyclic amines) is 1. The summed E-state index contributed by atoms with van der Waals surface area (Å²) >= 11 is 0. The van der Waals surface area contributed by atoms with Crippen LogP contribution in [0, 0.1) is 0 Å². The van der Waals surface area contributed by atoms with Crippen molar-refractivity contribution in [1.82, 2.24) is 9.80 Å². The van der Waals surface area contributed by atoms with Crippen molar-refractivity contribution in [1.29, 1.82) is 0 Å². The summed E-state index contributed by atoms with van der Waals surface area (Å²) in [5, 5.41) is 0. The number of ether oxygens (including phenoxy) is 2. The zero-order chi connectivity index (χ0) is 17.4. The van der Waals surface area contributed by atoms with E-state index in [1.165, 1.54) is 0 Å². The van der Waals surface area contributed by atoms with E-state index in [4.69, 9.17) is 9.47 Å². The Labute approximate surface area is 147 Å². The first-order valence-corrected chi connectivity index (χ1v) is 9.09. The molecule has 1 aromatic rings. The van der Waals surface area contributed by atoms with E-state index < -0.39 is 5.72 Å². The Morgan fingerprint density at radius 3 is 2.88 bits per heavy atom. The fraction of sp³-hybridized carbons (Fsp3) is 0.579. The molecule has 2 amide bonds. The van der Waals surface area contributed by atoms with Crippen LogP contribution in [0.25, 0.3) is 0 Å². The van der Waals surface area contributed by atoms with Gasteiger partial charge in [-0.25, -0.2) is 0 Å². The minimum absolute atomic E-state index is 0.0647. The topological polar surface area (TPSA) is 59.1 Å².